The van der Waals surface area contributed by atoms with Gasteiger partial charge in [-0.3, -0.25) is 4.98 Å². The number of aryl methyl sites for hydroxylation is 1. The molecule has 0 saturated heterocycles. The number of hydrogen-bond acceptors (Lipinski definition) is 1. The number of fused-ring (bicyclic) bond motifs is 1. The predicted molar refractivity (Wildman–Crippen MR) is 59.1 cm³/mol. The highest BCUT2D eigenvalue weighted by Crippen LogP contribution is 2.34. The van der Waals surface area contributed by atoms with Crippen LogP contribution in [0.1, 0.15) is 17.6 Å². The molecule has 0 unspecified atom stereocenters. The Morgan fingerprint density at radius 3 is 2.62 bits per heavy atom. The fourth-order valence-corrected chi connectivity index (χ4v) is 2.17. The van der Waals surface area contributed by atoms with Crippen LogP contribution in [0.3, 0.4) is 0 Å². The van der Waals surface area contributed by atoms with Crippen LogP contribution >= 0.6 is 15.9 Å². The summed E-state index contributed by atoms with van der Waals surface area (Å²) < 4.78 is 39.4. The van der Waals surface area contributed by atoms with Crippen molar-refractivity contribution < 1.29 is 13.2 Å². The van der Waals surface area contributed by atoms with Crippen molar-refractivity contribution in [2.24, 2.45) is 0 Å². The van der Waals surface area contributed by atoms with E-state index in [1.54, 1.807) is 6.92 Å². The Morgan fingerprint density at radius 2 is 2.00 bits per heavy atom. The molecule has 16 heavy (non-hydrogen) atoms. The molecule has 2 aromatic rings. The van der Waals surface area contributed by atoms with Crippen LogP contribution in [-0.2, 0) is 0 Å². The number of benzene rings is 1. The third-order valence-electron chi connectivity index (χ3n) is 2.38. The molecule has 0 aliphatic heterocycles. The molecule has 0 saturated carbocycles. The average Bonchev–Trinajstić information content (AvgIpc) is 2.22. The zero-order chi connectivity index (χ0) is 11.9. The molecule has 0 bridgehead atoms. The summed E-state index contributed by atoms with van der Waals surface area (Å²) in [5.74, 6) is -0.867. The predicted octanol–water partition coefficient (Wildman–Crippen LogP) is 4.38. The maximum atomic E-state index is 13.8. The Balaban J connectivity index is 2.92. The molecule has 84 valence electrons. The number of aromatic nitrogens is 1. The van der Waals surface area contributed by atoms with Crippen LogP contribution in [0.5, 0.6) is 0 Å². The summed E-state index contributed by atoms with van der Waals surface area (Å²) >= 11 is 3.14. The lowest BCUT2D eigenvalue weighted by Gasteiger charge is -2.09. The fraction of sp³-hybridized carbons (Fsp3) is 0.182. The van der Waals surface area contributed by atoms with E-state index in [0.717, 1.165) is 6.07 Å². The summed E-state index contributed by atoms with van der Waals surface area (Å²) in [5, 5.41) is 0.696. The van der Waals surface area contributed by atoms with Gasteiger partial charge in [0.15, 0.2) is 0 Å². The smallest absolute Gasteiger partial charge is 0.264 e. The van der Waals surface area contributed by atoms with Gasteiger partial charge >= 0.3 is 0 Å². The molecule has 0 radical (unpaired) electrons. The lowest BCUT2D eigenvalue weighted by atomic mass is 10.0. The second kappa shape index (κ2) is 4.05. The number of alkyl halides is 2. The summed E-state index contributed by atoms with van der Waals surface area (Å²) in [4.78, 5) is 3.90. The second-order valence-electron chi connectivity index (χ2n) is 3.44. The molecule has 1 aromatic heterocycles. The van der Waals surface area contributed by atoms with Gasteiger partial charge in [0.2, 0.25) is 0 Å². The van der Waals surface area contributed by atoms with Gasteiger partial charge in [-0.1, -0.05) is 15.9 Å². The number of halogens is 4. The molecule has 0 atom stereocenters. The molecule has 5 heteroatoms. The van der Waals surface area contributed by atoms with Crippen molar-refractivity contribution in [3.63, 3.8) is 0 Å². The van der Waals surface area contributed by atoms with E-state index in [0.29, 0.717) is 15.4 Å². The minimum absolute atomic E-state index is 0.194. The van der Waals surface area contributed by atoms with Gasteiger partial charge in [-0.05, 0) is 18.6 Å². The lowest BCUT2D eigenvalue weighted by Crippen LogP contribution is -1.95. The zero-order valence-corrected chi connectivity index (χ0v) is 9.85. The Morgan fingerprint density at radius 1 is 1.31 bits per heavy atom. The summed E-state index contributed by atoms with van der Waals surface area (Å²) in [5.41, 5.74) is -0.0492. The second-order valence-corrected chi connectivity index (χ2v) is 4.30. The molecule has 1 heterocycles. The first kappa shape index (κ1) is 11.4. The average molecular weight is 290 g/mol. The minimum Gasteiger partial charge on any atom is -0.264 e. The molecule has 0 amide bonds. The molecule has 0 aliphatic rings. The molecule has 1 nitrogen and oxygen atoms in total. The normalized spacial score (nSPS) is 11.4. The number of rotatable bonds is 1. The van der Waals surface area contributed by atoms with Crippen molar-refractivity contribution in [2.75, 3.05) is 0 Å². The molecular weight excluding hydrogens is 283 g/mol. The first-order valence-electron chi connectivity index (χ1n) is 4.52. The van der Waals surface area contributed by atoms with E-state index in [-0.39, 0.29) is 5.39 Å². The van der Waals surface area contributed by atoms with Gasteiger partial charge in [-0.2, -0.15) is 0 Å². The third-order valence-corrected chi connectivity index (χ3v) is 3.04. The highest BCUT2D eigenvalue weighted by molar-refractivity contribution is 9.10. The van der Waals surface area contributed by atoms with Crippen molar-refractivity contribution in [3.05, 3.63) is 39.9 Å². The van der Waals surface area contributed by atoms with Gasteiger partial charge in [0, 0.05) is 27.6 Å². The fourth-order valence-electron chi connectivity index (χ4n) is 1.62. The van der Waals surface area contributed by atoms with Gasteiger partial charge in [-0.15, -0.1) is 0 Å². The van der Waals surface area contributed by atoms with Crippen molar-refractivity contribution >= 4 is 26.7 Å². The van der Waals surface area contributed by atoms with Crippen LogP contribution in [-0.4, -0.2) is 4.98 Å². The van der Waals surface area contributed by atoms with Crippen LogP contribution in [0.25, 0.3) is 10.8 Å². The van der Waals surface area contributed by atoms with Gasteiger partial charge in [0.25, 0.3) is 6.43 Å². The monoisotopic (exact) mass is 289 g/mol. The number of pyridine rings is 1. The van der Waals surface area contributed by atoms with E-state index in [2.05, 4.69) is 20.9 Å². The molecule has 0 aliphatic carbocycles. The zero-order valence-electron chi connectivity index (χ0n) is 8.27. The number of hydrogen-bond donors (Lipinski definition) is 0. The van der Waals surface area contributed by atoms with Crippen LogP contribution in [0.2, 0.25) is 0 Å². The van der Waals surface area contributed by atoms with Gasteiger partial charge in [0.05, 0.1) is 5.56 Å². The van der Waals surface area contributed by atoms with Gasteiger partial charge in [-0.25, -0.2) is 13.2 Å². The molecule has 0 N–H and O–H groups in total. The molecular formula is C11H7BrF3N. The van der Waals surface area contributed by atoms with E-state index < -0.39 is 17.8 Å². The first-order chi connectivity index (χ1) is 7.52. The largest absolute Gasteiger partial charge is 0.266 e. The molecule has 0 spiro atoms. The highest BCUT2D eigenvalue weighted by Gasteiger charge is 2.19. The van der Waals surface area contributed by atoms with Crippen LogP contribution in [0.15, 0.2) is 22.9 Å². The van der Waals surface area contributed by atoms with E-state index in [1.807, 2.05) is 0 Å². The quantitative estimate of drug-likeness (QED) is 0.759. The molecule has 1 aromatic carbocycles. The van der Waals surface area contributed by atoms with Crippen LogP contribution in [0.4, 0.5) is 13.2 Å². The minimum atomic E-state index is -2.83. The first-order valence-corrected chi connectivity index (χ1v) is 5.32. The number of nitrogens with zero attached hydrogens (tertiary/aromatic N) is 1. The summed E-state index contributed by atoms with van der Waals surface area (Å²) in [6.45, 7) is 1.64. The lowest BCUT2D eigenvalue weighted by molar-refractivity contribution is 0.146. The third kappa shape index (κ3) is 1.69. The maximum Gasteiger partial charge on any atom is 0.266 e. The highest BCUT2D eigenvalue weighted by atomic mass is 79.9. The van der Waals surface area contributed by atoms with Crippen molar-refractivity contribution in [1.82, 2.24) is 4.98 Å². The molecule has 0 fully saturated rings. The van der Waals surface area contributed by atoms with Crippen molar-refractivity contribution in [3.8, 4) is 0 Å². The van der Waals surface area contributed by atoms with Gasteiger partial charge in [0.1, 0.15) is 5.82 Å². The summed E-state index contributed by atoms with van der Waals surface area (Å²) in [7, 11) is 0. The topological polar surface area (TPSA) is 12.9 Å². The summed E-state index contributed by atoms with van der Waals surface area (Å²) in [6, 6.07) is 1.10. The van der Waals surface area contributed by atoms with Crippen LogP contribution < -0.4 is 0 Å². The standard InChI is InChI=1S/C11H7BrF3N/c1-5-3-16-4-7-8(12)2-6(11(14)15)10(13)9(5)7/h2-4,11H,1H3. The van der Waals surface area contributed by atoms with E-state index in [9.17, 15) is 13.2 Å². The Kier molecular flexibility index (Phi) is 2.88. The Labute approximate surface area is 98.4 Å². The van der Waals surface area contributed by atoms with E-state index in [1.165, 1.54) is 12.4 Å². The van der Waals surface area contributed by atoms with E-state index in [4.69, 9.17) is 0 Å². The SMILES string of the molecule is Cc1cncc2c(Br)cc(C(F)F)c(F)c12. The Bertz CT molecular complexity index is 554. The van der Waals surface area contributed by atoms with Crippen LogP contribution in [0, 0.1) is 12.7 Å². The Hall–Kier alpha value is -1.10. The van der Waals surface area contributed by atoms with Crippen molar-refractivity contribution in [2.45, 2.75) is 13.3 Å². The summed E-state index contributed by atoms with van der Waals surface area (Å²) in [6.07, 6.45) is 0.0750. The van der Waals surface area contributed by atoms with Gasteiger partial charge < -0.3 is 0 Å². The molecule has 2 rings (SSSR count). The van der Waals surface area contributed by atoms with E-state index >= 15 is 0 Å². The maximum absolute atomic E-state index is 13.8. The van der Waals surface area contributed by atoms with Crippen molar-refractivity contribution in [1.29, 1.82) is 0 Å².